The largest absolute Gasteiger partial charge is 0.506 e. The van der Waals surface area contributed by atoms with Crippen molar-refractivity contribution in [3.8, 4) is 11.4 Å². The van der Waals surface area contributed by atoms with Gasteiger partial charge in [0.15, 0.2) is 0 Å². The maximum Gasteiger partial charge on any atom is 0.141 e. The summed E-state index contributed by atoms with van der Waals surface area (Å²) in [5, 5.41) is 9.71. The third-order valence-electron chi connectivity index (χ3n) is 3.30. The summed E-state index contributed by atoms with van der Waals surface area (Å²) in [4.78, 5) is 4.34. The second-order valence-electron chi connectivity index (χ2n) is 4.87. The Hall–Kier alpha value is -2.81. The Labute approximate surface area is 123 Å². The van der Waals surface area contributed by atoms with Gasteiger partial charge in [0.25, 0.3) is 0 Å². The maximum atomic E-state index is 9.71. The summed E-state index contributed by atoms with van der Waals surface area (Å²) in [6.45, 7) is 2.06. The van der Waals surface area contributed by atoms with Gasteiger partial charge in [0.2, 0.25) is 0 Å². The summed E-state index contributed by atoms with van der Waals surface area (Å²) < 4.78 is 2.12. The van der Waals surface area contributed by atoms with Gasteiger partial charge in [-0.3, -0.25) is 4.99 Å². The number of aromatic nitrogens is 1. The Morgan fingerprint density at radius 3 is 2.48 bits per heavy atom. The van der Waals surface area contributed by atoms with E-state index in [1.54, 1.807) is 24.4 Å². The molecule has 1 aromatic heterocycles. The van der Waals surface area contributed by atoms with Crippen LogP contribution in [0.1, 0.15) is 11.3 Å². The zero-order chi connectivity index (χ0) is 14.7. The molecule has 0 radical (unpaired) electrons. The van der Waals surface area contributed by atoms with Crippen molar-refractivity contribution < 1.29 is 5.11 Å². The van der Waals surface area contributed by atoms with Crippen molar-refractivity contribution >= 4 is 11.9 Å². The topological polar surface area (TPSA) is 37.5 Å². The molecule has 0 aliphatic heterocycles. The fraction of sp³-hybridized carbons (Fsp3) is 0.0556. The highest BCUT2D eigenvalue weighted by Crippen LogP contribution is 2.25. The molecule has 0 fully saturated rings. The molecule has 21 heavy (non-hydrogen) atoms. The van der Waals surface area contributed by atoms with Crippen LogP contribution in [-0.4, -0.2) is 15.9 Å². The van der Waals surface area contributed by atoms with Crippen LogP contribution in [0.3, 0.4) is 0 Å². The van der Waals surface area contributed by atoms with E-state index < -0.39 is 0 Å². The first-order valence-corrected chi connectivity index (χ1v) is 6.80. The molecule has 0 atom stereocenters. The first-order chi connectivity index (χ1) is 10.2. The first-order valence-electron chi connectivity index (χ1n) is 6.80. The van der Waals surface area contributed by atoms with Crippen LogP contribution in [0.25, 0.3) is 5.69 Å². The van der Waals surface area contributed by atoms with Gasteiger partial charge >= 0.3 is 0 Å². The van der Waals surface area contributed by atoms with Crippen LogP contribution in [0.15, 0.2) is 71.9 Å². The molecule has 0 aliphatic rings. The van der Waals surface area contributed by atoms with Crippen molar-refractivity contribution in [1.82, 2.24) is 4.57 Å². The summed E-state index contributed by atoms with van der Waals surface area (Å²) in [7, 11) is 0. The van der Waals surface area contributed by atoms with Gasteiger partial charge in [0.1, 0.15) is 11.4 Å². The van der Waals surface area contributed by atoms with Gasteiger partial charge in [-0.05, 0) is 37.3 Å². The number of hydrogen-bond acceptors (Lipinski definition) is 2. The van der Waals surface area contributed by atoms with E-state index in [-0.39, 0.29) is 5.75 Å². The monoisotopic (exact) mass is 276 g/mol. The zero-order valence-corrected chi connectivity index (χ0v) is 11.8. The Kier molecular flexibility index (Phi) is 3.56. The van der Waals surface area contributed by atoms with Crippen molar-refractivity contribution in [2.75, 3.05) is 0 Å². The molecule has 0 amide bonds. The van der Waals surface area contributed by atoms with Gasteiger partial charge in [0.05, 0.1) is 0 Å². The Bertz CT molecular complexity index is 773. The molecule has 104 valence electrons. The van der Waals surface area contributed by atoms with Crippen LogP contribution >= 0.6 is 0 Å². The number of aliphatic imine (C=N–C) groups is 1. The van der Waals surface area contributed by atoms with Crippen LogP contribution in [0.5, 0.6) is 5.75 Å². The second kappa shape index (κ2) is 5.67. The molecule has 3 heteroatoms. The summed E-state index contributed by atoms with van der Waals surface area (Å²) >= 11 is 0. The molecular formula is C18H16N2O. The predicted molar refractivity (Wildman–Crippen MR) is 85.9 cm³/mol. The fourth-order valence-corrected chi connectivity index (χ4v) is 2.25. The lowest BCUT2D eigenvalue weighted by molar-refractivity contribution is 0.477. The average Bonchev–Trinajstić information content (AvgIpc) is 2.88. The lowest BCUT2D eigenvalue weighted by atomic mass is 10.3. The van der Waals surface area contributed by atoms with E-state index in [9.17, 15) is 5.11 Å². The highest BCUT2D eigenvalue weighted by atomic mass is 16.3. The minimum absolute atomic E-state index is 0.188. The number of aromatic hydroxyl groups is 1. The van der Waals surface area contributed by atoms with Gasteiger partial charge in [0, 0.05) is 29.4 Å². The van der Waals surface area contributed by atoms with E-state index in [4.69, 9.17) is 0 Å². The first kappa shape index (κ1) is 13.2. The van der Waals surface area contributed by atoms with Crippen LogP contribution in [0, 0.1) is 6.92 Å². The van der Waals surface area contributed by atoms with Crippen molar-refractivity contribution in [3.63, 3.8) is 0 Å². The lowest BCUT2D eigenvalue weighted by Gasteiger charge is -2.04. The average molecular weight is 276 g/mol. The zero-order valence-electron chi connectivity index (χ0n) is 11.8. The Balaban J connectivity index is 1.90. The number of benzene rings is 2. The number of phenolic OH excluding ortho intramolecular Hbond substituents is 1. The molecule has 1 heterocycles. The molecule has 3 aromatic rings. The molecular weight excluding hydrogens is 260 g/mol. The third kappa shape index (κ3) is 2.87. The number of aryl methyl sites for hydroxylation is 1. The van der Waals surface area contributed by atoms with Crippen molar-refractivity contribution in [2.45, 2.75) is 6.92 Å². The van der Waals surface area contributed by atoms with E-state index in [1.165, 1.54) is 0 Å². The molecule has 0 bridgehead atoms. The summed E-state index contributed by atoms with van der Waals surface area (Å²) in [6, 6.07) is 19.3. The molecule has 2 aromatic carbocycles. The molecule has 0 saturated heterocycles. The fourth-order valence-electron chi connectivity index (χ4n) is 2.25. The van der Waals surface area contributed by atoms with Crippen molar-refractivity contribution in [1.29, 1.82) is 0 Å². The van der Waals surface area contributed by atoms with Gasteiger partial charge in [-0.25, -0.2) is 0 Å². The molecule has 1 N–H and O–H groups in total. The minimum Gasteiger partial charge on any atom is -0.506 e. The minimum atomic E-state index is 0.188. The van der Waals surface area contributed by atoms with Gasteiger partial charge in [-0.1, -0.05) is 30.3 Å². The number of phenols is 1. The normalized spacial score (nSPS) is 11.1. The van der Waals surface area contributed by atoms with Crippen molar-refractivity contribution in [3.05, 3.63) is 78.1 Å². The van der Waals surface area contributed by atoms with E-state index in [0.29, 0.717) is 5.69 Å². The molecule has 0 aliphatic carbocycles. The van der Waals surface area contributed by atoms with E-state index in [2.05, 4.69) is 34.7 Å². The summed E-state index contributed by atoms with van der Waals surface area (Å²) in [5.41, 5.74) is 3.83. The summed E-state index contributed by atoms with van der Waals surface area (Å²) in [6.07, 6.45) is 3.80. The molecule has 0 unspecified atom stereocenters. The van der Waals surface area contributed by atoms with Gasteiger partial charge in [-0.15, -0.1) is 0 Å². The van der Waals surface area contributed by atoms with E-state index in [1.807, 2.05) is 30.5 Å². The predicted octanol–water partition coefficient (Wildman–Crippen LogP) is 4.24. The van der Waals surface area contributed by atoms with Crippen LogP contribution in [0.2, 0.25) is 0 Å². The van der Waals surface area contributed by atoms with Crippen molar-refractivity contribution in [2.24, 2.45) is 4.99 Å². The highest BCUT2D eigenvalue weighted by molar-refractivity contribution is 5.83. The number of rotatable bonds is 3. The van der Waals surface area contributed by atoms with Crippen LogP contribution in [-0.2, 0) is 0 Å². The molecule has 0 spiro atoms. The number of nitrogens with zero attached hydrogens (tertiary/aromatic N) is 2. The van der Waals surface area contributed by atoms with Crippen LogP contribution in [0.4, 0.5) is 5.69 Å². The Morgan fingerprint density at radius 2 is 1.71 bits per heavy atom. The second-order valence-corrected chi connectivity index (χ2v) is 4.87. The molecule has 3 nitrogen and oxygen atoms in total. The standard InChI is InChI=1S/C18H16N2O/c1-14-11-15(12-19-17-9-5-6-10-18(17)21)13-20(14)16-7-3-2-4-8-16/h2-13,21H,1H3. The lowest BCUT2D eigenvalue weighted by Crippen LogP contribution is -1.93. The van der Waals surface area contributed by atoms with E-state index in [0.717, 1.165) is 16.9 Å². The smallest absolute Gasteiger partial charge is 0.141 e. The van der Waals surface area contributed by atoms with Crippen LogP contribution < -0.4 is 0 Å². The number of para-hydroxylation sites is 3. The molecule has 0 saturated carbocycles. The SMILES string of the molecule is Cc1cc(C=Nc2ccccc2O)cn1-c1ccccc1. The maximum absolute atomic E-state index is 9.71. The Morgan fingerprint density at radius 1 is 1.00 bits per heavy atom. The van der Waals surface area contributed by atoms with E-state index >= 15 is 0 Å². The van der Waals surface area contributed by atoms with Gasteiger partial charge < -0.3 is 9.67 Å². The number of hydrogen-bond donors (Lipinski definition) is 1. The highest BCUT2D eigenvalue weighted by Gasteiger charge is 2.02. The summed E-state index contributed by atoms with van der Waals surface area (Å²) in [5.74, 6) is 0.188. The third-order valence-corrected chi connectivity index (χ3v) is 3.30. The molecule has 3 rings (SSSR count). The van der Waals surface area contributed by atoms with Gasteiger partial charge in [-0.2, -0.15) is 0 Å². The quantitative estimate of drug-likeness (QED) is 0.714.